The highest BCUT2D eigenvalue weighted by Crippen LogP contribution is 2.27. The summed E-state index contributed by atoms with van der Waals surface area (Å²) >= 11 is 3.57. The summed E-state index contributed by atoms with van der Waals surface area (Å²) < 4.78 is 1.18. The Labute approximate surface area is 119 Å². The van der Waals surface area contributed by atoms with Crippen molar-refractivity contribution in [2.45, 2.75) is 58.0 Å². The van der Waals surface area contributed by atoms with Crippen molar-refractivity contribution in [2.24, 2.45) is 5.92 Å². The van der Waals surface area contributed by atoms with Crippen LogP contribution in [0, 0.1) is 5.92 Å². The summed E-state index contributed by atoms with van der Waals surface area (Å²) in [6.07, 6.45) is 6.63. The van der Waals surface area contributed by atoms with Crippen molar-refractivity contribution in [3.05, 3.63) is 34.3 Å². The van der Waals surface area contributed by atoms with E-state index in [1.54, 1.807) is 0 Å². The minimum atomic E-state index is 0.498. The number of rotatable bonds is 4. The molecule has 1 aliphatic carbocycles. The Balaban J connectivity index is 2.00. The molecule has 1 N–H and O–H groups in total. The standard InChI is InChI=1S/C16H24BrN/c1-3-16(13-7-5-8-14(17)11-13)18-15-9-4-6-12(2)10-15/h5,7-8,11-12,15-16,18H,3-4,6,9-10H2,1-2H3. The molecule has 2 rings (SSSR count). The Hall–Kier alpha value is -0.340. The number of hydrogen-bond donors (Lipinski definition) is 1. The van der Waals surface area contributed by atoms with Gasteiger partial charge in [0, 0.05) is 16.6 Å². The van der Waals surface area contributed by atoms with Crippen LogP contribution in [0.2, 0.25) is 0 Å². The minimum Gasteiger partial charge on any atom is -0.307 e. The highest BCUT2D eigenvalue weighted by molar-refractivity contribution is 9.10. The summed E-state index contributed by atoms with van der Waals surface area (Å²) in [6.45, 7) is 4.65. The molecule has 1 saturated carbocycles. The second kappa shape index (κ2) is 6.72. The SMILES string of the molecule is CCC(NC1CCCC(C)C1)c1cccc(Br)c1. The van der Waals surface area contributed by atoms with Gasteiger partial charge in [-0.25, -0.2) is 0 Å². The smallest absolute Gasteiger partial charge is 0.0320 e. The summed E-state index contributed by atoms with van der Waals surface area (Å²) in [5.41, 5.74) is 1.41. The molecule has 1 fully saturated rings. The first-order chi connectivity index (χ1) is 8.69. The molecule has 1 aliphatic rings. The zero-order valence-electron chi connectivity index (χ0n) is 11.5. The lowest BCUT2D eigenvalue weighted by atomic mass is 9.86. The van der Waals surface area contributed by atoms with Crippen LogP contribution in [-0.2, 0) is 0 Å². The fourth-order valence-electron chi connectivity index (χ4n) is 3.04. The van der Waals surface area contributed by atoms with Gasteiger partial charge in [0.05, 0.1) is 0 Å². The zero-order chi connectivity index (χ0) is 13.0. The first-order valence-electron chi connectivity index (χ1n) is 7.20. The molecule has 0 saturated heterocycles. The van der Waals surface area contributed by atoms with Crippen LogP contribution < -0.4 is 5.32 Å². The number of halogens is 1. The van der Waals surface area contributed by atoms with Crippen molar-refractivity contribution in [1.82, 2.24) is 5.32 Å². The second-order valence-corrected chi connectivity index (χ2v) is 6.57. The lowest BCUT2D eigenvalue weighted by molar-refractivity contribution is 0.278. The van der Waals surface area contributed by atoms with Crippen molar-refractivity contribution >= 4 is 15.9 Å². The van der Waals surface area contributed by atoms with Crippen molar-refractivity contribution < 1.29 is 0 Å². The van der Waals surface area contributed by atoms with Crippen LogP contribution in [0.3, 0.4) is 0 Å². The van der Waals surface area contributed by atoms with Crippen molar-refractivity contribution in [2.75, 3.05) is 0 Å². The third-order valence-corrected chi connectivity index (χ3v) is 4.53. The van der Waals surface area contributed by atoms with Crippen LogP contribution in [0.4, 0.5) is 0 Å². The molecule has 0 amide bonds. The molecule has 0 aliphatic heterocycles. The van der Waals surface area contributed by atoms with Gasteiger partial charge in [-0.2, -0.15) is 0 Å². The molecular weight excluding hydrogens is 286 g/mol. The van der Waals surface area contributed by atoms with Crippen LogP contribution in [0.15, 0.2) is 28.7 Å². The van der Waals surface area contributed by atoms with E-state index < -0.39 is 0 Å². The van der Waals surface area contributed by atoms with Gasteiger partial charge in [-0.05, 0) is 42.9 Å². The normalized spacial score (nSPS) is 25.9. The molecule has 0 aromatic heterocycles. The van der Waals surface area contributed by atoms with Gasteiger partial charge in [0.2, 0.25) is 0 Å². The van der Waals surface area contributed by atoms with E-state index in [9.17, 15) is 0 Å². The lowest BCUT2D eigenvalue weighted by Gasteiger charge is -2.31. The molecule has 1 aromatic rings. The van der Waals surface area contributed by atoms with Crippen LogP contribution in [0.25, 0.3) is 0 Å². The van der Waals surface area contributed by atoms with Crippen LogP contribution >= 0.6 is 15.9 Å². The second-order valence-electron chi connectivity index (χ2n) is 5.65. The molecule has 1 aromatic carbocycles. The molecular formula is C16H24BrN. The number of nitrogens with one attached hydrogen (secondary N) is 1. The summed E-state index contributed by atoms with van der Waals surface area (Å²) in [6, 6.07) is 9.91. The summed E-state index contributed by atoms with van der Waals surface area (Å²) in [5.74, 6) is 0.885. The Morgan fingerprint density at radius 1 is 1.39 bits per heavy atom. The molecule has 100 valence electrons. The zero-order valence-corrected chi connectivity index (χ0v) is 13.0. The van der Waals surface area contributed by atoms with E-state index in [1.807, 2.05) is 0 Å². The summed E-state index contributed by atoms with van der Waals surface area (Å²) in [5, 5.41) is 3.86. The van der Waals surface area contributed by atoms with Gasteiger partial charge in [-0.15, -0.1) is 0 Å². The number of benzene rings is 1. The maximum absolute atomic E-state index is 3.86. The molecule has 0 radical (unpaired) electrons. The van der Waals surface area contributed by atoms with E-state index in [2.05, 4.69) is 59.4 Å². The highest BCUT2D eigenvalue weighted by Gasteiger charge is 2.21. The van der Waals surface area contributed by atoms with E-state index in [4.69, 9.17) is 0 Å². The molecule has 0 heterocycles. The first kappa shape index (κ1) is 14.1. The maximum Gasteiger partial charge on any atom is 0.0320 e. The van der Waals surface area contributed by atoms with Gasteiger partial charge in [-0.3, -0.25) is 0 Å². The predicted octanol–water partition coefficient (Wildman–Crippen LogP) is 5.07. The first-order valence-corrected chi connectivity index (χ1v) is 8.00. The topological polar surface area (TPSA) is 12.0 Å². The van der Waals surface area contributed by atoms with Crippen molar-refractivity contribution in [3.63, 3.8) is 0 Å². The molecule has 1 nitrogen and oxygen atoms in total. The van der Waals surface area contributed by atoms with Crippen molar-refractivity contribution in [3.8, 4) is 0 Å². The molecule has 18 heavy (non-hydrogen) atoms. The van der Waals surface area contributed by atoms with E-state index in [0.717, 1.165) is 12.3 Å². The molecule has 0 spiro atoms. The molecule has 3 atom stereocenters. The molecule has 3 unspecified atom stereocenters. The Kier molecular flexibility index (Phi) is 5.25. The molecule has 2 heteroatoms. The largest absolute Gasteiger partial charge is 0.307 e. The Morgan fingerprint density at radius 2 is 2.22 bits per heavy atom. The Bertz CT molecular complexity index is 377. The van der Waals surface area contributed by atoms with Gasteiger partial charge in [0.25, 0.3) is 0 Å². The average molecular weight is 310 g/mol. The third-order valence-electron chi connectivity index (χ3n) is 4.03. The maximum atomic E-state index is 3.86. The van der Waals surface area contributed by atoms with E-state index in [1.165, 1.54) is 35.7 Å². The summed E-state index contributed by atoms with van der Waals surface area (Å²) in [4.78, 5) is 0. The van der Waals surface area contributed by atoms with Crippen LogP contribution in [0.5, 0.6) is 0 Å². The van der Waals surface area contributed by atoms with Gasteiger partial charge in [-0.1, -0.05) is 54.8 Å². The average Bonchev–Trinajstić information content (AvgIpc) is 2.36. The predicted molar refractivity (Wildman–Crippen MR) is 81.7 cm³/mol. The van der Waals surface area contributed by atoms with Gasteiger partial charge < -0.3 is 5.32 Å². The van der Waals surface area contributed by atoms with Gasteiger partial charge in [0.15, 0.2) is 0 Å². The van der Waals surface area contributed by atoms with E-state index in [0.29, 0.717) is 12.1 Å². The van der Waals surface area contributed by atoms with E-state index in [-0.39, 0.29) is 0 Å². The Morgan fingerprint density at radius 3 is 2.89 bits per heavy atom. The van der Waals surface area contributed by atoms with E-state index >= 15 is 0 Å². The molecule has 0 bridgehead atoms. The minimum absolute atomic E-state index is 0.498. The van der Waals surface area contributed by atoms with Crippen LogP contribution in [0.1, 0.15) is 57.6 Å². The van der Waals surface area contributed by atoms with Crippen LogP contribution in [-0.4, -0.2) is 6.04 Å². The quantitative estimate of drug-likeness (QED) is 0.819. The fraction of sp³-hybridized carbons (Fsp3) is 0.625. The number of hydrogen-bond acceptors (Lipinski definition) is 1. The fourth-order valence-corrected chi connectivity index (χ4v) is 3.46. The summed E-state index contributed by atoms with van der Waals surface area (Å²) in [7, 11) is 0. The third kappa shape index (κ3) is 3.83. The lowest BCUT2D eigenvalue weighted by Crippen LogP contribution is -2.36. The van der Waals surface area contributed by atoms with Gasteiger partial charge >= 0.3 is 0 Å². The highest BCUT2D eigenvalue weighted by atomic mass is 79.9. The van der Waals surface area contributed by atoms with Gasteiger partial charge in [0.1, 0.15) is 0 Å². The van der Waals surface area contributed by atoms with Crippen molar-refractivity contribution in [1.29, 1.82) is 0 Å². The monoisotopic (exact) mass is 309 g/mol.